The first kappa shape index (κ1) is 11.2. The van der Waals surface area contributed by atoms with E-state index in [2.05, 4.69) is 6.58 Å². The first-order valence-corrected chi connectivity index (χ1v) is 6.03. The monoisotopic (exact) mass is 210 g/mol. The minimum atomic E-state index is -0.324. The zero-order chi connectivity index (χ0) is 11.1. The molecule has 4 atom stereocenters. The van der Waals surface area contributed by atoms with Crippen molar-refractivity contribution >= 4 is 0 Å². The number of aliphatic hydroxyl groups excluding tert-OH is 2. The quantitative estimate of drug-likeness (QED) is 0.651. The average Bonchev–Trinajstić information content (AvgIpc) is 2.23. The molecule has 15 heavy (non-hydrogen) atoms. The summed E-state index contributed by atoms with van der Waals surface area (Å²) in [6.07, 6.45) is 4.88. The van der Waals surface area contributed by atoms with Gasteiger partial charge in [-0.1, -0.05) is 19.1 Å². The number of allylic oxidation sites excluding steroid dienone is 1. The molecule has 2 fully saturated rings. The second-order valence-corrected chi connectivity index (χ2v) is 5.62. The van der Waals surface area contributed by atoms with Crippen molar-refractivity contribution in [2.45, 2.75) is 45.1 Å². The highest BCUT2D eigenvalue weighted by molar-refractivity contribution is 5.07. The van der Waals surface area contributed by atoms with Gasteiger partial charge in [0.15, 0.2) is 0 Å². The molecule has 2 nitrogen and oxygen atoms in total. The SMILES string of the molecule is C=C1CCC2C(CCC(O)C2(C)CO)C1. The van der Waals surface area contributed by atoms with E-state index >= 15 is 0 Å². The largest absolute Gasteiger partial charge is 0.396 e. The Labute approximate surface area is 92.0 Å². The maximum atomic E-state index is 10.1. The van der Waals surface area contributed by atoms with Crippen LogP contribution in [0.25, 0.3) is 0 Å². The zero-order valence-corrected chi connectivity index (χ0v) is 9.58. The van der Waals surface area contributed by atoms with Crippen molar-refractivity contribution < 1.29 is 10.2 Å². The van der Waals surface area contributed by atoms with Crippen LogP contribution >= 0.6 is 0 Å². The maximum Gasteiger partial charge on any atom is 0.0618 e. The van der Waals surface area contributed by atoms with Crippen LogP contribution in [0.4, 0.5) is 0 Å². The number of hydrogen-bond acceptors (Lipinski definition) is 2. The Morgan fingerprint density at radius 3 is 2.80 bits per heavy atom. The topological polar surface area (TPSA) is 40.5 Å². The van der Waals surface area contributed by atoms with Crippen LogP contribution in [0.2, 0.25) is 0 Å². The van der Waals surface area contributed by atoms with E-state index in [0.29, 0.717) is 11.8 Å². The van der Waals surface area contributed by atoms with Gasteiger partial charge in [0.1, 0.15) is 0 Å². The van der Waals surface area contributed by atoms with E-state index in [9.17, 15) is 10.2 Å². The molecule has 2 N–H and O–H groups in total. The number of hydrogen-bond donors (Lipinski definition) is 2. The predicted molar refractivity (Wildman–Crippen MR) is 60.4 cm³/mol. The highest BCUT2D eigenvalue weighted by Gasteiger charge is 2.48. The average molecular weight is 210 g/mol. The van der Waals surface area contributed by atoms with E-state index in [-0.39, 0.29) is 18.1 Å². The van der Waals surface area contributed by atoms with E-state index < -0.39 is 0 Å². The fourth-order valence-corrected chi connectivity index (χ4v) is 3.55. The van der Waals surface area contributed by atoms with Gasteiger partial charge in [-0.05, 0) is 43.9 Å². The van der Waals surface area contributed by atoms with Crippen LogP contribution in [0, 0.1) is 17.3 Å². The van der Waals surface area contributed by atoms with Gasteiger partial charge in [-0.2, -0.15) is 0 Å². The highest BCUT2D eigenvalue weighted by atomic mass is 16.3. The van der Waals surface area contributed by atoms with Gasteiger partial charge >= 0.3 is 0 Å². The molecular weight excluding hydrogens is 188 g/mol. The molecule has 0 amide bonds. The van der Waals surface area contributed by atoms with Gasteiger partial charge in [0.25, 0.3) is 0 Å². The predicted octanol–water partition coefficient (Wildman–Crippen LogP) is 2.11. The van der Waals surface area contributed by atoms with Gasteiger partial charge in [-0.3, -0.25) is 0 Å². The molecule has 0 heterocycles. The fourth-order valence-electron chi connectivity index (χ4n) is 3.55. The van der Waals surface area contributed by atoms with Gasteiger partial charge < -0.3 is 10.2 Å². The molecule has 0 aromatic heterocycles. The van der Waals surface area contributed by atoms with E-state index in [1.165, 1.54) is 5.57 Å². The third kappa shape index (κ3) is 1.74. The summed E-state index contributed by atoms with van der Waals surface area (Å²) in [5.41, 5.74) is 1.08. The summed E-state index contributed by atoms with van der Waals surface area (Å²) in [6.45, 7) is 6.23. The van der Waals surface area contributed by atoms with Gasteiger partial charge in [0, 0.05) is 5.41 Å². The highest BCUT2D eigenvalue weighted by Crippen LogP contribution is 2.51. The molecule has 2 saturated carbocycles. The Morgan fingerprint density at radius 2 is 2.13 bits per heavy atom. The first-order chi connectivity index (χ1) is 7.08. The molecule has 0 radical (unpaired) electrons. The molecule has 2 aliphatic carbocycles. The molecule has 86 valence electrons. The van der Waals surface area contributed by atoms with Crippen molar-refractivity contribution in [3.8, 4) is 0 Å². The van der Waals surface area contributed by atoms with Crippen molar-refractivity contribution in [2.75, 3.05) is 6.61 Å². The number of rotatable bonds is 1. The lowest BCUT2D eigenvalue weighted by molar-refractivity contribution is -0.104. The Hall–Kier alpha value is -0.340. The second kappa shape index (κ2) is 3.91. The van der Waals surface area contributed by atoms with Crippen LogP contribution in [-0.4, -0.2) is 22.9 Å². The maximum absolute atomic E-state index is 10.1. The Kier molecular flexibility index (Phi) is 2.91. The van der Waals surface area contributed by atoms with Crippen LogP contribution in [0.3, 0.4) is 0 Å². The van der Waals surface area contributed by atoms with Gasteiger partial charge in [-0.25, -0.2) is 0 Å². The lowest BCUT2D eigenvalue weighted by Crippen LogP contribution is -2.50. The zero-order valence-electron chi connectivity index (χ0n) is 9.58. The van der Waals surface area contributed by atoms with E-state index in [0.717, 1.165) is 32.1 Å². The standard InChI is InChI=1S/C13H22O2/c1-9-3-5-11-10(7-9)4-6-12(15)13(11,2)8-14/h10-12,14-15H,1,3-8H2,2H3. The minimum Gasteiger partial charge on any atom is -0.396 e. The van der Waals surface area contributed by atoms with Crippen molar-refractivity contribution in [1.29, 1.82) is 0 Å². The van der Waals surface area contributed by atoms with Gasteiger partial charge in [0.2, 0.25) is 0 Å². The van der Waals surface area contributed by atoms with Gasteiger partial charge in [-0.15, -0.1) is 0 Å². The molecule has 0 bridgehead atoms. The smallest absolute Gasteiger partial charge is 0.0618 e. The summed E-state index contributed by atoms with van der Waals surface area (Å²) in [6, 6.07) is 0. The summed E-state index contributed by atoms with van der Waals surface area (Å²) in [5, 5.41) is 19.6. The molecular formula is C13H22O2. The molecule has 2 heteroatoms. The van der Waals surface area contributed by atoms with E-state index in [1.807, 2.05) is 6.92 Å². The first-order valence-electron chi connectivity index (χ1n) is 6.03. The van der Waals surface area contributed by atoms with Crippen molar-refractivity contribution in [2.24, 2.45) is 17.3 Å². The van der Waals surface area contributed by atoms with Crippen LogP contribution < -0.4 is 0 Å². The minimum absolute atomic E-state index is 0.113. The summed E-state index contributed by atoms with van der Waals surface area (Å²) in [5.74, 6) is 1.13. The van der Waals surface area contributed by atoms with Crippen LogP contribution in [0.5, 0.6) is 0 Å². The summed E-state index contributed by atoms with van der Waals surface area (Å²) < 4.78 is 0. The molecule has 2 aliphatic rings. The molecule has 0 aliphatic heterocycles. The molecule has 0 saturated heterocycles. The molecule has 4 unspecified atom stereocenters. The summed E-state index contributed by atoms with van der Waals surface area (Å²) >= 11 is 0. The van der Waals surface area contributed by atoms with E-state index in [1.54, 1.807) is 0 Å². The molecule has 0 aromatic carbocycles. The van der Waals surface area contributed by atoms with Crippen molar-refractivity contribution in [3.05, 3.63) is 12.2 Å². The third-order valence-corrected chi connectivity index (χ3v) is 4.69. The van der Waals surface area contributed by atoms with Crippen molar-refractivity contribution in [3.63, 3.8) is 0 Å². The lowest BCUT2D eigenvalue weighted by atomic mass is 9.56. The summed E-state index contributed by atoms with van der Waals surface area (Å²) in [4.78, 5) is 0. The molecule has 0 spiro atoms. The normalized spacial score (nSPS) is 46.3. The number of aliphatic hydroxyl groups is 2. The van der Waals surface area contributed by atoms with Crippen LogP contribution in [0.15, 0.2) is 12.2 Å². The Morgan fingerprint density at radius 1 is 1.40 bits per heavy atom. The Balaban J connectivity index is 2.19. The van der Waals surface area contributed by atoms with Crippen molar-refractivity contribution in [1.82, 2.24) is 0 Å². The van der Waals surface area contributed by atoms with Crippen LogP contribution in [-0.2, 0) is 0 Å². The lowest BCUT2D eigenvalue weighted by Gasteiger charge is -2.50. The van der Waals surface area contributed by atoms with Crippen LogP contribution in [0.1, 0.15) is 39.0 Å². The Bertz CT molecular complexity index is 261. The fraction of sp³-hybridized carbons (Fsp3) is 0.846. The summed E-state index contributed by atoms with van der Waals surface area (Å²) in [7, 11) is 0. The third-order valence-electron chi connectivity index (χ3n) is 4.69. The molecule has 0 aromatic rings. The second-order valence-electron chi connectivity index (χ2n) is 5.62. The van der Waals surface area contributed by atoms with E-state index in [4.69, 9.17) is 0 Å². The molecule has 2 rings (SSSR count). The number of fused-ring (bicyclic) bond motifs is 1. The van der Waals surface area contributed by atoms with Gasteiger partial charge in [0.05, 0.1) is 12.7 Å².